The number of methoxy groups -OCH3 is 1. The molecule has 0 bridgehead atoms. The first kappa shape index (κ1) is 13.2. The standard InChI is InChI=1S/C10H15N7O2/c1-19-5-7(18)4-13-9-14-8(11)15-10(16-9)17-3-2-12-6-17/h2-3,6-7,18H,4-5H2,1H3,(H3,11,13,14,15,16). The molecule has 1 unspecified atom stereocenters. The summed E-state index contributed by atoms with van der Waals surface area (Å²) < 4.78 is 6.42. The Kier molecular flexibility index (Phi) is 4.21. The normalized spacial score (nSPS) is 12.3. The second kappa shape index (κ2) is 6.07. The summed E-state index contributed by atoms with van der Waals surface area (Å²) in [6.45, 7) is 0.475. The van der Waals surface area contributed by atoms with E-state index in [4.69, 9.17) is 10.5 Å². The van der Waals surface area contributed by atoms with E-state index >= 15 is 0 Å². The number of nitrogens with two attached hydrogens (primary N) is 1. The monoisotopic (exact) mass is 265 g/mol. The van der Waals surface area contributed by atoms with Gasteiger partial charge in [0.1, 0.15) is 6.33 Å². The van der Waals surface area contributed by atoms with Crippen LogP contribution in [0.1, 0.15) is 0 Å². The van der Waals surface area contributed by atoms with E-state index in [0.29, 0.717) is 5.95 Å². The SMILES string of the molecule is COCC(O)CNc1nc(N)nc(-n2ccnc2)n1. The zero-order chi connectivity index (χ0) is 13.7. The van der Waals surface area contributed by atoms with Crippen molar-refractivity contribution in [1.82, 2.24) is 24.5 Å². The van der Waals surface area contributed by atoms with Crippen molar-refractivity contribution in [3.63, 3.8) is 0 Å². The predicted molar refractivity (Wildman–Crippen MR) is 67.7 cm³/mol. The summed E-state index contributed by atoms with van der Waals surface area (Å²) in [4.78, 5) is 16.0. The number of nitrogens with one attached hydrogen (secondary N) is 1. The maximum atomic E-state index is 9.53. The molecular weight excluding hydrogens is 250 g/mol. The molecule has 0 aliphatic rings. The summed E-state index contributed by atoms with van der Waals surface area (Å²) in [5.41, 5.74) is 5.61. The molecule has 0 saturated heterocycles. The first-order valence-electron chi connectivity index (χ1n) is 5.60. The van der Waals surface area contributed by atoms with Crippen molar-refractivity contribution >= 4 is 11.9 Å². The van der Waals surface area contributed by atoms with E-state index in [1.54, 1.807) is 23.3 Å². The van der Waals surface area contributed by atoms with Gasteiger partial charge in [-0.05, 0) is 0 Å². The van der Waals surface area contributed by atoms with Gasteiger partial charge in [-0.1, -0.05) is 0 Å². The zero-order valence-corrected chi connectivity index (χ0v) is 10.4. The molecule has 9 nitrogen and oxygen atoms in total. The van der Waals surface area contributed by atoms with Crippen LogP contribution in [0, 0.1) is 0 Å². The van der Waals surface area contributed by atoms with Gasteiger partial charge in [0.25, 0.3) is 0 Å². The van der Waals surface area contributed by atoms with Crippen LogP contribution in [0.15, 0.2) is 18.7 Å². The number of hydrogen-bond acceptors (Lipinski definition) is 8. The van der Waals surface area contributed by atoms with Crippen LogP contribution in [-0.2, 0) is 4.74 Å². The predicted octanol–water partition coefficient (Wildman–Crippen LogP) is -0.941. The minimum Gasteiger partial charge on any atom is -0.389 e. The molecule has 1 atom stereocenters. The topological polar surface area (TPSA) is 124 Å². The third-order valence-corrected chi connectivity index (χ3v) is 2.23. The van der Waals surface area contributed by atoms with Crippen LogP contribution in [0.3, 0.4) is 0 Å². The lowest BCUT2D eigenvalue weighted by atomic mass is 10.4. The molecule has 102 valence electrons. The smallest absolute Gasteiger partial charge is 0.241 e. The maximum Gasteiger partial charge on any atom is 0.241 e. The highest BCUT2D eigenvalue weighted by atomic mass is 16.5. The molecule has 2 rings (SSSR count). The summed E-state index contributed by atoms with van der Waals surface area (Å²) in [6, 6.07) is 0. The fraction of sp³-hybridized carbons (Fsp3) is 0.400. The van der Waals surface area contributed by atoms with Crippen molar-refractivity contribution in [1.29, 1.82) is 0 Å². The highest BCUT2D eigenvalue weighted by Gasteiger charge is 2.08. The number of nitrogens with zero attached hydrogens (tertiary/aromatic N) is 5. The van der Waals surface area contributed by atoms with Crippen molar-refractivity contribution in [2.24, 2.45) is 0 Å². The van der Waals surface area contributed by atoms with Gasteiger partial charge in [0, 0.05) is 26.0 Å². The second-order valence-electron chi connectivity index (χ2n) is 3.78. The average Bonchev–Trinajstić information content (AvgIpc) is 2.90. The molecule has 2 aromatic heterocycles. The number of ether oxygens (including phenoxy) is 1. The number of aromatic nitrogens is 5. The molecule has 4 N–H and O–H groups in total. The molecule has 0 aliphatic carbocycles. The highest BCUT2D eigenvalue weighted by Crippen LogP contribution is 2.06. The number of hydrogen-bond donors (Lipinski definition) is 3. The zero-order valence-electron chi connectivity index (χ0n) is 10.4. The lowest BCUT2D eigenvalue weighted by Crippen LogP contribution is -2.25. The van der Waals surface area contributed by atoms with E-state index in [2.05, 4.69) is 25.3 Å². The Hall–Kier alpha value is -2.26. The van der Waals surface area contributed by atoms with Gasteiger partial charge in [0.2, 0.25) is 17.8 Å². The van der Waals surface area contributed by atoms with Crippen LogP contribution in [0.5, 0.6) is 0 Å². The molecule has 19 heavy (non-hydrogen) atoms. The number of rotatable bonds is 6. The summed E-state index contributed by atoms with van der Waals surface area (Å²) in [7, 11) is 1.52. The molecule has 0 radical (unpaired) electrons. The molecule has 0 fully saturated rings. The van der Waals surface area contributed by atoms with Gasteiger partial charge in [0.05, 0.1) is 12.7 Å². The lowest BCUT2D eigenvalue weighted by Gasteiger charge is -2.11. The second-order valence-corrected chi connectivity index (χ2v) is 3.78. The maximum absolute atomic E-state index is 9.53. The number of nitrogen functional groups attached to an aromatic ring is 1. The lowest BCUT2D eigenvalue weighted by molar-refractivity contribution is 0.0726. The van der Waals surface area contributed by atoms with Gasteiger partial charge in [-0.25, -0.2) is 4.98 Å². The van der Waals surface area contributed by atoms with Crippen molar-refractivity contribution in [2.45, 2.75) is 6.10 Å². The molecule has 2 aromatic rings. The van der Waals surface area contributed by atoms with Gasteiger partial charge < -0.3 is 20.9 Å². The summed E-state index contributed by atoms with van der Waals surface area (Å²) in [6.07, 6.45) is 4.20. The van der Waals surface area contributed by atoms with Crippen molar-refractivity contribution in [2.75, 3.05) is 31.3 Å². The van der Waals surface area contributed by atoms with Gasteiger partial charge in [-0.3, -0.25) is 4.57 Å². The molecule has 0 saturated carbocycles. The summed E-state index contributed by atoms with van der Waals surface area (Å²) in [5.74, 6) is 0.725. The number of aliphatic hydroxyl groups excluding tert-OH is 1. The van der Waals surface area contributed by atoms with Crippen LogP contribution in [0.2, 0.25) is 0 Å². The minimum atomic E-state index is -0.653. The van der Waals surface area contributed by atoms with Crippen molar-refractivity contribution < 1.29 is 9.84 Å². The molecule has 0 amide bonds. The first-order chi connectivity index (χ1) is 9.19. The molecule has 0 spiro atoms. The summed E-state index contributed by atoms with van der Waals surface area (Å²) >= 11 is 0. The van der Waals surface area contributed by atoms with Crippen LogP contribution < -0.4 is 11.1 Å². The molecular formula is C10H15N7O2. The van der Waals surface area contributed by atoms with Crippen LogP contribution >= 0.6 is 0 Å². The van der Waals surface area contributed by atoms with Gasteiger partial charge >= 0.3 is 0 Å². The number of aliphatic hydroxyl groups is 1. The van der Waals surface area contributed by atoms with E-state index in [1.807, 2.05) is 0 Å². The Morgan fingerprint density at radius 2 is 2.32 bits per heavy atom. The fourth-order valence-electron chi connectivity index (χ4n) is 1.41. The van der Waals surface area contributed by atoms with E-state index in [-0.39, 0.29) is 25.0 Å². The molecule has 0 aliphatic heterocycles. The van der Waals surface area contributed by atoms with Crippen molar-refractivity contribution in [3.05, 3.63) is 18.7 Å². The Labute approximate surface area is 109 Å². The largest absolute Gasteiger partial charge is 0.389 e. The van der Waals surface area contributed by atoms with E-state index in [0.717, 1.165) is 0 Å². The fourth-order valence-corrected chi connectivity index (χ4v) is 1.41. The highest BCUT2D eigenvalue weighted by molar-refractivity contribution is 5.35. The van der Waals surface area contributed by atoms with Crippen molar-refractivity contribution in [3.8, 4) is 5.95 Å². The van der Waals surface area contributed by atoms with Gasteiger partial charge in [-0.2, -0.15) is 15.0 Å². The Morgan fingerprint density at radius 3 is 3.00 bits per heavy atom. The Morgan fingerprint density at radius 1 is 1.47 bits per heavy atom. The Balaban J connectivity index is 2.09. The third-order valence-electron chi connectivity index (χ3n) is 2.23. The Bertz CT molecular complexity index is 517. The van der Waals surface area contributed by atoms with E-state index in [9.17, 15) is 5.11 Å². The molecule has 2 heterocycles. The van der Waals surface area contributed by atoms with E-state index in [1.165, 1.54) is 7.11 Å². The molecule has 0 aromatic carbocycles. The quantitative estimate of drug-likeness (QED) is 0.611. The average molecular weight is 265 g/mol. The first-order valence-corrected chi connectivity index (χ1v) is 5.60. The van der Waals surface area contributed by atoms with Crippen LogP contribution in [-0.4, -0.2) is 56.0 Å². The van der Waals surface area contributed by atoms with Crippen LogP contribution in [0.25, 0.3) is 5.95 Å². The van der Waals surface area contributed by atoms with Crippen LogP contribution in [0.4, 0.5) is 11.9 Å². The third kappa shape index (κ3) is 3.60. The number of imidazole rings is 1. The van der Waals surface area contributed by atoms with Gasteiger partial charge in [-0.15, -0.1) is 0 Å². The summed E-state index contributed by atoms with van der Waals surface area (Å²) in [5, 5.41) is 12.4. The number of anilines is 2. The van der Waals surface area contributed by atoms with E-state index < -0.39 is 6.10 Å². The molecule has 9 heteroatoms. The van der Waals surface area contributed by atoms with Gasteiger partial charge in [0.15, 0.2) is 0 Å². The minimum absolute atomic E-state index is 0.0856.